The van der Waals surface area contributed by atoms with E-state index in [0.717, 1.165) is 0 Å². The van der Waals surface area contributed by atoms with Gasteiger partial charge in [0.25, 0.3) is 0 Å². The Bertz CT molecular complexity index is 462. The predicted molar refractivity (Wildman–Crippen MR) is 53.6 cm³/mol. The molecular weight excluding hydrogens is 236 g/mol. The number of halogens is 2. The third-order valence-corrected chi connectivity index (χ3v) is 1.89. The highest BCUT2D eigenvalue weighted by Crippen LogP contribution is 2.22. The van der Waals surface area contributed by atoms with Gasteiger partial charge in [0.2, 0.25) is 5.82 Å². The molecule has 0 spiro atoms. The molecule has 17 heavy (non-hydrogen) atoms. The first kappa shape index (κ1) is 13.0. The van der Waals surface area contributed by atoms with Crippen LogP contribution in [0.25, 0.3) is 0 Å². The largest absolute Gasteiger partial charge is 0.462 e. The number of nitro groups is 1. The molecular formula is C10H9F2NO4. The monoisotopic (exact) mass is 245 g/mol. The molecule has 1 aromatic carbocycles. The number of nitrogens with zero attached hydrogens (tertiary/aromatic N) is 1. The number of esters is 1. The van der Waals surface area contributed by atoms with Crippen molar-refractivity contribution in [3.05, 3.63) is 39.4 Å². The fourth-order valence-electron chi connectivity index (χ4n) is 1.11. The van der Waals surface area contributed by atoms with Crippen LogP contribution in [0, 0.1) is 21.7 Å². The van der Waals surface area contributed by atoms with Gasteiger partial charge in [-0.3, -0.25) is 10.1 Å². The Balaban J connectivity index is 3.11. The fourth-order valence-corrected chi connectivity index (χ4v) is 1.11. The molecule has 92 valence electrons. The van der Waals surface area contributed by atoms with Crippen molar-refractivity contribution < 1.29 is 23.2 Å². The average Bonchev–Trinajstić information content (AvgIpc) is 2.25. The molecule has 0 aliphatic carbocycles. The summed E-state index contributed by atoms with van der Waals surface area (Å²) in [6, 6.07) is 0.823. The molecule has 0 aliphatic rings. The first-order valence-electron chi connectivity index (χ1n) is 4.78. The summed E-state index contributed by atoms with van der Waals surface area (Å²) in [5.74, 6) is -3.57. The molecule has 0 N–H and O–H groups in total. The standard InChI is InChI=1S/C10H9F2NO4/c1-2-3-17-10(14)6-4-9(13(15)16)8(12)5-7(6)11/h4-5H,2-3H2,1H3. The molecule has 0 aliphatic heterocycles. The van der Waals surface area contributed by atoms with Crippen molar-refractivity contribution in [1.29, 1.82) is 0 Å². The number of rotatable bonds is 4. The van der Waals surface area contributed by atoms with Gasteiger partial charge in [-0.2, -0.15) is 4.39 Å². The highest BCUT2D eigenvalue weighted by Gasteiger charge is 2.22. The van der Waals surface area contributed by atoms with E-state index in [9.17, 15) is 23.7 Å². The zero-order valence-electron chi connectivity index (χ0n) is 8.91. The second kappa shape index (κ2) is 5.33. The first-order chi connectivity index (χ1) is 7.97. The van der Waals surface area contributed by atoms with Gasteiger partial charge in [-0.15, -0.1) is 0 Å². The van der Waals surface area contributed by atoms with Gasteiger partial charge in [0.05, 0.1) is 11.5 Å². The van der Waals surface area contributed by atoms with Crippen molar-refractivity contribution in [2.45, 2.75) is 13.3 Å². The second-order valence-corrected chi connectivity index (χ2v) is 3.18. The van der Waals surface area contributed by atoms with Gasteiger partial charge in [-0.25, -0.2) is 9.18 Å². The zero-order chi connectivity index (χ0) is 13.0. The Morgan fingerprint density at radius 2 is 2.06 bits per heavy atom. The minimum atomic E-state index is -1.33. The lowest BCUT2D eigenvalue weighted by molar-refractivity contribution is -0.387. The topological polar surface area (TPSA) is 69.4 Å². The number of hydrogen-bond donors (Lipinski definition) is 0. The molecule has 0 unspecified atom stereocenters. The van der Waals surface area contributed by atoms with Crippen molar-refractivity contribution >= 4 is 11.7 Å². The maximum atomic E-state index is 13.2. The van der Waals surface area contributed by atoms with Crippen molar-refractivity contribution in [2.24, 2.45) is 0 Å². The summed E-state index contributed by atoms with van der Waals surface area (Å²) in [7, 11) is 0. The van der Waals surface area contributed by atoms with E-state index in [1.807, 2.05) is 0 Å². The molecule has 5 nitrogen and oxygen atoms in total. The van der Waals surface area contributed by atoms with E-state index < -0.39 is 33.8 Å². The third-order valence-electron chi connectivity index (χ3n) is 1.89. The van der Waals surface area contributed by atoms with Crippen LogP contribution >= 0.6 is 0 Å². The average molecular weight is 245 g/mol. The summed E-state index contributed by atoms with van der Waals surface area (Å²) in [6.07, 6.45) is 0.524. The molecule has 0 fully saturated rings. The molecule has 1 rings (SSSR count). The number of hydrogen-bond acceptors (Lipinski definition) is 4. The van der Waals surface area contributed by atoms with E-state index in [4.69, 9.17) is 0 Å². The van der Waals surface area contributed by atoms with Crippen LogP contribution < -0.4 is 0 Å². The van der Waals surface area contributed by atoms with Crippen LogP contribution in [0.2, 0.25) is 0 Å². The van der Waals surface area contributed by atoms with Crippen LogP contribution in [-0.4, -0.2) is 17.5 Å². The van der Waals surface area contributed by atoms with Crippen molar-refractivity contribution in [2.75, 3.05) is 6.61 Å². The quantitative estimate of drug-likeness (QED) is 0.464. The van der Waals surface area contributed by atoms with E-state index in [2.05, 4.69) is 4.74 Å². The lowest BCUT2D eigenvalue weighted by Gasteiger charge is -2.04. The highest BCUT2D eigenvalue weighted by molar-refractivity contribution is 5.90. The highest BCUT2D eigenvalue weighted by atomic mass is 19.1. The zero-order valence-corrected chi connectivity index (χ0v) is 8.91. The van der Waals surface area contributed by atoms with Gasteiger partial charge in [-0.05, 0) is 6.42 Å². The van der Waals surface area contributed by atoms with Crippen LogP contribution in [0.1, 0.15) is 23.7 Å². The Morgan fingerprint density at radius 1 is 1.41 bits per heavy atom. The number of benzene rings is 1. The van der Waals surface area contributed by atoms with E-state index >= 15 is 0 Å². The van der Waals surface area contributed by atoms with Crippen LogP contribution in [0.15, 0.2) is 12.1 Å². The second-order valence-electron chi connectivity index (χ2n) is 3.18. The summed E-state index contributed by atoms with van der Waals surface area (Å²) in [4.78, 5) is 20.7. The summed E-state index contributed by atoms with van der Waals surface area (Å²) < 4.78 is 30.8. The molecule has 7 heteroatoms. The molecule has 0 saturated carbocycles. The van der Waals surface area contributed by atoms with E-state index in [0.29, 0.717) is 18.6 Å². The Labute approximate surface area is 95.2 Å². The van der Waals surface area contributed by atoms with Gasteiger partial charge in [-0.1, -0.05) is 6.92 Å². The molecule has 0 aromatic heterocycles. The maximum Gasteiger partial charge on any atom is 0.341 e. The lowest BCUT2D eigenvalue weighted by atomic mass is 10.2. The van der Waals surface area contributed by atoms with Gasteiger partial charge < -0.3 is 4.74 Å². The van der Waals surface area contributed by atoms with Crippen LogP contribution in [0.5, 0.6) is 0 Å². The van der Waals surface area contributed by atoms with Crippen molar-refractivity contribution in [1.82, 2.24) is 0 Å². The summed E-state index contributed by atoms with van der Waals surface area (Å²) in [5.41, 5.74) is -1.61. The smallest absolute Gasteiger partial charge is 0.341 e. The third kappa shape index (κ3) is 2.96. The SMILES string of the molecule is CCCOC(=O)c1cc([N+](=O)[O-])c(F)cc1F. The van der Waals surface area contributed by atoms with E-state index in [1.54, 1.807) is 6.92 Å². The first-order valence-corrected chi connectivity index (χ1v) is 4.78. The molecule has 0 radical (unpaired) electrons. The molecule has 0 heterocycles. The predicted octanol–water partition coefficient (Wildman–Crippen LogP) is 2.44. The summed E-state index contributed by atoms with van der Waals surface area (Å²) >= 11 is 0. The van der Waals surface area contributed by atoms with Crippen LogP contribution in [0.3, 0.4) is 0 Å². The van der Waals surface area contributed by atoms with Gasteiger partial charge in [0.15, 0.2) is 0 Å². The maximum absolute atomic E-state index is 13.2. The van der Waals surface area contributed by atoms with Crippen LogP contribution in [0.4, 0.5) is 14.5 Å². The summed E-state index contributed by atoms with van der Waals surface area (Å²) in [6.45, 7) is 1.79. The number of ether oxygens (including phenoxy) is 1. The van der Waals surface area contributed by atoms with Crippen LogP contribution in [-0.2, 0) is 4.74 Å². The Morgan fingerprint density at radius 3 is 2.59 bits per heavy atom. The van der Waals surface area contributed by atoms with E-state index in [-0.39, 0.29) is 6.61 Å². The fraction of sp³-hybridized carbons (Fsp3) is 0.300. The molecule has 0 saturated heterocycles. The Hall–Kier alpha value is -2.05. The van der Waals surface area contributed by atoms with Gasteiger partial charge in [0, 0.05) is 12.1 Å². The van der Waals surface area contributed by atoms with Gasteiger partial charge in [0.1, 0.15) is 11.4 Å². The number of carbonyl (C=O) groups excluding carboxylic acids is 1. The number of nitro benzene ring substituents is 1. The van der Waals surface area contributed by atoms with E-state index in [1.165, 1.54) is 0 Å². The molecule has 1 aromatic rings. The molecule has 0 atom stereocenters. The lowest BCUT2D eigenvalue weighted by Crippen LogP contribution is -2.09. The summed E-state index contributed by atoms with van der Waals surface area (Å²) in [5, 5.41) is 10.4. The Kier molecular flexibility index (Phi) is 4.08. The molecule has 0 bridgehead atoms. The normalized spacial score (nSPS) is 10.1. The minimum absolute atomic E-state index is 0.0590. The number of carbonyl (C=O) groups is 1. The minimum Gasteiger partial charge on any atom is -0.462 e. The van der Waals surface area contributed by atoms with Crippen molar-refractivity contribution in [3.63, 3.8) is 0 Å². The van der Waals surface area contributed by atoms with Gasteiger partial charge >= 0.3 is 11.7 Å². The van der Waals surface area contributed by atoms with Crippen molar-refractivity contribution in [3.8, 4) is 0 Å². The molecule has 0 amide bonds.